The van der Waals surface area contributed by atoms with E-state index in [1.807, 2.05) is 43.3 Å². The highest BCUT2D eigenvalue weighted by Crippen LogP contribution is 2.27. The first kappa shape index (κ1) is 15.5. The molecule has 2 aromatic rings. The standard InChI is InChI=1S/C18H22FNO/c1-4-10-20-18(14-6-5-7-15(12-14)21-3)16-9-8-13(2)11-17(16)19/h5-9,11-12,18,20H,4,10H2,1-3H3. The molecule has 3 heteroatoms. The van der Waals surface area contributed by atoms with E-state index in [1.165, 1.54) is 0 Å². The number of rotatable bonds is 6. The lowest BCUT2D eigenvalue weighted by Gasteiger charge is -2.21. The van der Waals surface area contributed by atoms with E-state index >= 15 is 0 Å². The van der Waals surface area contributed by atoms with Crippen LogP contribution in [-0.4, -0.2) is 13.7 Å². The molecule has 1 atom stereocenters. The van der Waals surface area contributed by atoms with Crippen molar-refractivity contribution in [3.63, 3.8) is 0 Å². The van der Waals surface area contributed by atoms with E-state index in [-0.39, 0.29) is 11.9 Å². The van der Waals surface area contributed by atoms with Gasteiger partial charge in [0, 0.05) is 5.56 Å². The summed E-state index contributed by atoms with van der Waals surface area (Å²) in [5.41, 5.74) is 2.60. The van der Waals surface area contributed by atoms with Crippen LogP contribution >= 0.6 is 0 Å². The van der Waals surface area contributed by atoms with Crippen LogP contribution in [0.25, 0.3) is 0 Å². The first-order valence-electron chi connectivity index (χ1n) is 7.29. The molecule has 1 N–H and O–H groups in total. The zero-order valence-corrected chi connectivity index (χ0v) is 12.8. The molecule has 0 fully saturated rings. The topological polar surface area (TPSA) is 21.3 Å². The molecule has 1 unspecified atom stereocenters. The maximum Gasteiger partial charge on any atom is 0.128 e. The van der Waals surface area contributed by atoms with Gasteiger partial charge in [0.25, 0.3) is 0 Å². The van der Waals surface area contributed by atoms with Gasteiger partial charge in [0.2, 0.25) is 0 Å². The minimum atomic E-state index is -0.175. The van der Waals surface area contributed by atoms with Crippen LogP contribution in [0, 0.1) is 12.7 Å². The average molecular weight is 287 g/mol. The Balaban J connectivity index is 2.41. The molecule has 2 nitrogen and oxygen atoms in total. The van der Waals surface area contributed by atoms with Gasteiger partial charge in [-0.3, -0.25) is 0 Å². The molecule has 0 heterocycles. The maximum absolute atomic E-state index is 14.3. The molecule has 0 amide bonds. The third kappa shape index (κ3) is 3.82. The van der Waals surface area contributed by atoms with E-state index in [4.69, 9.17) is 4.74 Å². The predicted molar refractivity (Wildman–Crippen MR) is 84.3 cm³/mol. The number of hydrogen-bond acceptors (Lipinski definition) is 2. The van der Waals surface area contributed by atoms with Crippen LogP contribution in [0.5, 0.6) is 5.75 Å². The number of hydrogen-bond donors (Lipinski definition) is 1. The fraction of sp³-hybridized carbons (Fsp3) is 0.333. The highest BCUT2D eigenvalue weighted by Gasteiger charge is 2.17. The van der Waals surface area contributed by atoms with Crippen LogP contribution in [0.15, 0.2) is 42.5 Å². The summed E-state index contributed by atoms with van der Waals surface area (Å²) in [6.45, 7) is 4.82. The molecule has 2 aromatic carbocycles. The van der Waals surface area contributed by atoms with Crippen LogP contribution in [0.1, 0.15) is 36.1 Å². The largest absolute Gasteiger partial charge is 0.497 e. The zero-order chi connectivity index (χ0) is 15.2. The number of benzene rings is 2. The molecule has 0 aliphatic carbocycles. The van der Waals surface area contributed by atoms with E-state index < -0.39 is 0 Å². The lowest BCUT2D eigenvalue weighted by atomic mass is 9.97. The van der Waals surface area contributed by atoms with Crippen molar-refractivity contribution >= 4 is 0 Å². The molecule has 0 radical (unpaired) electrons. The molecular weight excluding hydrogens is 265 g/mol. The Morgan fingerprint density at radius 3 is 2.67 bits per heavy atom. The molecule has 2 rings (SSSR count). The second-order valence-electron chi connectivity index (χ2n) is 5.19. The average Bonchev–Trinajstić information content (AvgIpc) is 2.49. The number of nitrogens with one attached hydrogen (secondary N) is 1. The van der Waals surface area contributed by atoms with Crippen LogP contribution < -0.4 is 10.1 Å². The van der Waals surface area contributed by atoms with Crippen molar-refractivity contribution in [1.29, 1.82) is 0 Å². The molecule has 0 saturated heterocycles. The first-order valence-corrected chi connectivity index (χ1v) is 7.29. The van der Waals surface area contributed by atoms with Crippen molar-refractivity contribution in [2.24, 2.45) is 0 Å². The predicted octanol–water partition coefficient (Wildman–Crippen LogP) is 4.23. The number of methoxy groups -OCH3 is 1. The van der Waals surface area contributed by atoms with E-state index in [0.29, 0.717) is 5.56 Å². The van der Waals surface area contributed by atoms with Gasteiger partial charge in [-0.2, -0.15) is 0 Å². The summed E-state index contributed by atoms with van der Waals surface area (Å²) in [6.07, 6.45) is 0.994. The summed E-state index contributed by atoms with van der Waals surface area (Å²) in [5.74, 6) is 0.606. The maximum atomic E-state index is 14.3. The number of aryl methyl sites for hydroxylation is 1. The van der Waals surface area contributed by atoms with Crippen molar-refractivity contribution in [2.45, 2.75) is 26.3 Å². The lowest BCUT2D eigenvalue weighted by Crippen LogP contribution is -2.24. The van der Waals surface area contributed by atoms with Gasteiger partial charge in [-0.05, 0) is 49.2 Å². The van der Waals surface area contributed by atoms with Crippen molar-refractivity contribution in [3.8, 4) is 5.75 Å². The fourth-order valence-electron chi connectivity index (χ4n) is 2.38. The van der Waals surface area contributed by atoms with Gasteiger partial charge in [-0.15, -0.1) is 0 Å². The fourth-order valence-corrected chi connectivity index (χ4v) is 2.38. The van der Waals surface area contributed by atoms with Gasteiger partial charge >= 0.3 is 0 Å². The molecule has 0 aliphatic rings. The number of halogens is 1. The summed E-state index contributed by atoms with van der Waals surface area (Å²) in [7, 11) is 1.64. The Hall–Kier alpha value is -1.87. The summed E-state index contributed by atoms with van der Waals surface area (Å²) in [5, 5.41) is 3.42. The smallest absolute Gasteiger partial charge is 0.128 e. The second kappa shape index (κ2) is 7.23. The molecule has 112 valence electrons. The quantitative estimate of drug-likeness (QED) is 0.858. The first-order chi connectivity index (χ1) is 10.2. The SMILES string of the molecule is CCCNC(c1cccc(OC)c1)c1ccc(C)cc1F. The van der Waals surface area contributed by atoms with E-state index in [9.17, 15) is 4.39 Å². The van der Waals surface area contributed by atoms with E-state index in [2.05, 4.69) is 12.2 Å². The minimum absolute atomic E-state index is 0.166. The second-order valence-corrected chi connectivity index (χ2v) is 5.19. The summed E-state index contributed by atoms with van der Waals surface area (Å²) in [6, 6.07) is 13.0. The summed E-state index contributed by atoms with van der Waals surface area (Å²) < 4.78 is 19.6. The van der Waals surface area contributed by atoms with Crippen LogP contribution in [-0.2, 0) is 0 Å². The van der Waals surface area contributed by atoms with Gasteiger partial charge in [0.05, 0.1) is 13.2 Å². The van der Waals surface area contributed by atoms with Gasteiger partial charge in [-0.1, -0.05) is 31.2 Å². The van der Waals surface area contributed by atoms with Crippen molar-refractivity contribution in [2.75, 3.05) is 13.7 Å². The molecule has 0 aliphatic heterocycles. The molecule has 0 saturated carbocycles. The van der Waals surface area contributed by atoms with Gasteiger partial charge < -0.3 is 10.1 Å². The zero-order valence-electron chi connectivity index (χ0n) is 12.8. The Morgan fingerprint density at radius 1 is 1.19 bits per heavy atom. The van der Waals surface area contributed by atoms with Crippen LogP contribution in [0.3, 0.4) is 0 Å². The normalized spacial score (nSPS) is 12.2. The lowest BCUT2D eigenvalue weighted by molar-refractivity contribution is 0.413. The van der Waals surface area contributed by atoms with Crippen molar-refractivity contribution < 1.29 is 9.13 Å². The van der Waals surface area contributed by atoms with E-state index in [1.54, 1.807) is 13.2 Å². The Kier molecular flexibility index (Phi) is 5.34. The van der Waals surface area contributed by atoms with Crippen molar-refractivity contribution in [3.05, 3.63) is 65.0 Å². The van der Waals surface area contributed by atoms with E-state index in [0.717, 1.165) is 29.8 Å². The molecule has 0 bridgehead atoms. The minimum Gasteiger partial charge on any atom is -0.497 e. The van der Waals surface area contributed by atoms with Gasteiger partial charge in [0.1, 0.15) is 11.6 Å². The van der Waals surface area contributed by atoms with Gasteiger partial charge in [-0.25, -0.2) is 4.39 Å². The van der Waals surface area contributed by atoms with Crippen LogP contribution in [0.2, 0.25) is 0 Å². The number of ether oxygens (including phenoxy) is 1. The van der Waals surface area contributed by atoms with Crippen LogP contribution in [0.4, 0.5) is 4.39 Å². The highest BCUT2D eigenvalue weighted by atomic mass is 19.1. The summed E-state index contributed by atoms with van der Waals surface area (Å²) in [4.78, 5) is 0. The van der Waals surface area contributed by atoms with Gasteiger partial charge in [0.15, 0.2) is 0 Å². The molecule has 21 heavy (non-hydrogen) atoms. The summed E-state index contributed by atoms with van der Waals surface area (Å²) >= 11 is 0. The Morgan fingerprint density at radius 2 is 2.00 bits per heavy atom. The Labute approximate surface area is 126 Å². The highest BCUT2D eigenvalue weighted by molar-refractivity contribution is 5.38. The monoisotopic (exact) mass is 287 g/mol. The third-order valence-corrected chi connectivity index (χ3v) is 3.49. The molecule has 0 aromatic heterocycles. The third-order valence-electron chi connectivity index (χ3n) is 3.49. The van der Waals surface area contributed by atoms with Crippen molar-refractivity contribution in [1.82, 2.24) is 5.32 Å². The molecule has 0 spiro atoms. The molecular formula is C18H22FNO. The Bertz CT molecular complexity index is 598.